The Balaban J connectivity index is 3.37. The first-order valence-corrected chi connectivity index (χ1v) is 6.24. The first kappa shape index (κ1) is 16.9. The normalized spacial score (nSPS) is 18.4. The predicted molar refractivity (Wildman–Crippen MR) is 51.8 cm³/mol. The second-order valence-corrected chi connectivity index (χ2v) is 4.75. The third-order valence-corrected chi connectivity index (χ3v) is 2.55. The molecular weight excluding hydrogens is 320 g/mol. The van der Waals surface area contributed by atoms with Gasteiger partial charge in [0.15, 0.2) is 11.6 Å². The molecule has 0 heterocycles. The van der Waals surface area contributed by atoms with Gasteiger partial charge in [0.1, 0.15) is 6.42 Å². The molecule has 1 rings (SSSR count). The Labute approximate surface area is 107 Å². The molecule has 0 aromatic heterocycles. The summed E-state index contributed by atoms with van der Waals surface area (Å²) in [6.45, 7) is 0. The minimum absolute atomic E-state index is 0.333. The number of rotatable bonds is 4. The van der Waals surface area contributed by atoms with Gasteiger partial charge in [0.25, 0.3) is 5.85 Å². The summed E-state index contributed by atoms with van der Waals surface area (Å²) < 4.78 is 103. The molecule has 2 unspecified atom stereocenters. The van der Waals surface area contributed by atoms with Crippen LogP contribution >= 0.6 is 7.91 Å². The Morgan fingerprint density at radius 3 is 2.20 bits per heavy atom. The summed E-state index contributed by atoms with van der Waals surface area (Å²) in [5.41, 5.74) is -1.68. The number of hydrogen-bond acceptors (Lipinski definition) is 2. The Kier molecular flexibility index (Phi) is 4.52. The maximum Gasteiger partial charge on any atom is 0.513 e. The summed E-state index contributed by atoms with van der Waals surface area (Å²) >= 11 is 0. The molecule has 0 aliphatic heterocycles. The van der Waals surface area contributed by atoms with E-state index >= 15 is 0 Å². The van der Waals surface area contributed by atoms with E-state index in [0.717, 1.165) is 0 Å². The zero-order valence-corrected chi connectivity index (χ0v) is 10.2. The molecule has 0 radical (unpaired) electrons. The largest absolute Gasteiger partial charge is 0.513 e. The highest BCUT2D eigenvalue weighted by Gasteiger charge is 2.51. The van der Waals surface area contributed by atoms with Crippen LogP contribution < -0.4 is 0 Å². The molecule has 20 heavy (non-hydrogen) atoms. The van der Waals surface area contributed by atoms with Crippen molar-refractivity contribution in [3.8, 4) is 0 Å². The van der Waals surface area contributed by atoms with Gasteiger partial charge in [-0.2, -0.15) is 13.2 Å². The molecule has 0 saturated carbocycles. The van der Waals surface area contributed by atoms with Gasteiger partial charge in [-0.3, -0.25) is 4.89 Å². The lowest BCUT2D eigenvalue weighted by Gasteiger charge is -2.26. The Morgan fingerprint density at radius 1 is 1.20 bits per heavy atom. The predicted octanol–water partition coefficient (Wildman–Crippen LogP) is 4.13. The molecule has 3 nitrogen and oxygen atoms in total. The van der Waals surface area contributed by atoms with E-state index in [4.69, 9.17) is 4.89 Å². The van der Waals surface area contributed by atoms with Gasteiger partial charge >= 0.3 is 14.1 Å². The fourth-order valence-electron chi connectivity index (χ4n) is 1.41. The standard InChI is InChI=1S/C9H6F7O3P/c10-6-3-1-2-5(7(6)11)8(12,4-9(13,14)15)19-20(16,17)18/h1-3H,4H2,(H,17,18). The van der Waals surface area contributed by atoms with Crippen LogP contribution in [0.5, 0.6) is 0 Å². The van der Waals surface area contributed by atoms with Crippen molar-refractivity contribution in [2.45, 2.75) is 18.5 Å². The van der Waals surface area contributed by atoms with Gasteiger partial charge in [-0.25, -0.2) is 22.3 Å². The van der Waals surface area contributed by atoms with Crippen LogP contribution in [0.25, 0.3) is 0 Å². The van der Waals surface area contributed by atoms with Crippen molar-refractivity contribution in [2.75, 3.05) is 0 Å². The van der Waals surface area contributed by atoms with Gasteiger partial charge in [-0.1, -0.05) is 12.1 Å². The molecule has 0 saturated heterocycles. The van der Waals surface area contributed by atoms with Crippen LogP contribution in [0.4, 0.5) is 30.5 Å². The van der Waals surface area contributed by atoms with E-state index in [1.807, 2.05) is 0 Å². The molecule has 2 atom stereocenters. The summed E-state index contributed by atoms with van der Waals surface area (Å²) in [5.74, 6) is -8.21. The molecule has 0 amide bonds. The third kappa shape index (κ3) is 4.46. The Hall–Kier alpha value is -1.12. The van der Waals surface area contributed by atoms with E-state index in [-0.39, 0.29) is 0 Å². The highest BCUT2D eigenvalue weighted by Crippen LogP contribution is 2.54. The number of alkyl halides is 4. The summed E-state index contributed by atoms with van der Waals surface area (Å²) in [4.78, 5) is 8.21. The molecular formula is C9H6F7O3P. The minimum Gasteiger partial charge on any atom is -0.299 e. The fourth-order valence-corrected chi connectivity index (χ4v) is 1.92. The smallest absolute Gasteiger partial charge is 0.299 e. The van der Waals surface area contributed by atoms with Crippen molar-refractivity contribution in [2.24, 2.45) is 0 Å². The van der Waals surface area contributed by atoms with Crippen LogP contribution in [-0.2, 0) is 14.9 Å². The first-order valence-electron chi connectivity index (χ1n) is 4.77. The number of benzene rings is 1. The highest BCUT2D eigenvalue weighted by atomic mass is 31.2. The monoisotopic (exact) mass is 326 g/mol. The van der Waals surface area contributed by atoms with Gasteiger partial charge in [0.2, 0.25) is 0 Å². The molecule has 114 valence electrons. The number of halogens is 7. The molecule has 0 bridgehead atoms. The summed E-state index contributed by atoms with van der Waals surface area (Å²) in [5, 5.41) is 0. The maximum atomic E-state index is 14.0. The third-order valence-electron chi connectivity index (χ3n) is 2.04. The van der Waals surface area contributed by atoms with E-state index in [0.29, 0.717) is 18.2 Å². The molecule has 0 spiro atoms. The number of hydrogen-bond donors (Lipinski definition) is 1. The van der Waals surface area contributed by atoms with E-state index < -0.39 is 43.6 Å². The molecule has 1 aromatic carbocycles. The van der Waals surface area contributed by atoms with Gasteiger partial charge in [0.05, 0.1) is 5.56 Å². The van der Waals surface area contributed by atoms with Crippen molar-refractivity contribution < 1.29 is 44.5 Å². The van der Waals surface area contributed by atoms with Crippen LogP contribution in [0.15, 0.2) is 18.2 Å². The van der Waals surface area contributed by atoms with Crippen LogP contribution in [-0.4, -0.2) is 11.1 Å². The highest BCUT2D eigenvalue weighted by molar-refractivity contribution is 7.46. The van der Waals surface area contributed by atoms with Crippen LogP contribution in [0.3, 0.4) is 0 Å². The molecule has 11 heteroatoms. The minimum atomic E-state index is -6.24. The topological polar surface area (TPSA) is 46.5 Å². The molecule has 0 aliphatic rings. The van der Waals surface area contributed by atoms with E-state index in [1.165, 1.54) is 0 Å². The zero-order chi connectivity index (χ0) is 15.8. The average molecular weight is 326 g/mol. The molecule has 0 aliphatic carbocycles. The second kappa shape index (κ2) is 5.34. The van der Waals surface area contributed by atoms with E-state index in [2.05, 4.69) is 4.52 Å². The summed E-state index contributed by atoms with van der Waals surface area (Å²) in [6, 6.07) is 1.42. The molecule has 1 aromatic rings. The molecule has 0 fully saturated rings. The van der Waals surface area contributed by atoms with Crippen molar-refractivity contribution >= 4 is 7.91 Å². The quantitative estimate of drug-likeness (QED) is 0.669. The van der Waals surface area contributed by atoms with Gasteiger partial charge < -0.3 is 0 Å². The van der Waals surface area contributed by atoms with Crippen molar-refractivity contribution in [3.63, 3.8) is 0 Å². The maximum absolute atomic E-state index is 14.0. The van der Waals surface area contributed by atoms with E-state index in [9.17, 15) is 35.1 Å². The Morgan fingerprint density at radius 2 is 1.75 bits per heavy atom. The van der Waals surface area contributed by atoms with Crippen molar-refractivity contribution in [1.29, 1.82) is 0 Å². The van der Waals surface area contributed by atoms with Crippen LogP contribution in [0, 0.1) is 11.6 Å². The van der Waals surface area contributed by atoms with E-state index in [1.54, 1.807) is 0 Å². The average Bonchev–Trinajstić information content (AvgIpc) is 2.15. The van der Waals surface area contributed by atoms with Crippen LogP contribution in [0.2, 0.25) is 0 Å². The second-order valence-electron chi connectivity index (χ2n) is 3.66. The van der Waals surface area contributed by atoms with Gasteiger partial charge in [-0.15, -0.1) is 4.20 Å². The van der Waals surface area contributed by atoms with Gasteiger partial charge in [-0.05, 0) is 6.07 Å². The van der Waals surface area contributed by atoms with Gasteiger partial charge in [0, 0.05) is 0 Å². The van der Waals surface area contributed by atoms with Crippen molar-refractivity contribution in [3.05, 3.63) is 35.4 Å². The van der Waals surface area contributed by atoms with Crippen molar-refractivity contribution in [1.82, 2.24) is 0 Å². The lowest BCUT2D eigenvalue weighted by atomic mass is 10.0. The summed E-state index contributed by atoms with van der Waals surface area (Å²) in [7, 11) is -6.24. The molecule has 1 N–H and O–H groups in total. The lowest BCUT2D eigenvalue weighted by molar-refractivity contribution is -0.211. The lowest BCUT2D eigenvalue weighted by Crippen LogP contribution is -2.31. The SMILES string of the molecule is O=P(O)(F)OC(F)(CC(F)(F)F)c1cccc(F)c1F. The van der Waals surface area contributed by atoms with Crippen LogP contribution in [0.1, 0.15) is 12.0 Å². The fraction of sp³-hybridized carbons (Fsp3) is 0.333. The first-order chi connectivity index (χ1) is 8.84. The zero-order valence-electron chi connectivity index (χ0n) is 9.30. The summed E-state index contributed by atoms with van der Waals surface area (Å²) in [6.07, 6.45) is -7.99. The Bertz CT molecular complexity index is 541.